The van der Waals surface area contributed by atoms with Crippen molar-refractivity contribution in [2.24, 2.45) is 0 Å². The summed E-state index contributed by atoms with van der Waals surface area (Å²) in [4.78, 5) is 29.8. The summed E-state index contributed by atoms with van der Waals surface area (Å²) in [6, 6.07) is 23.8. The lowest BCUT2D eigenvalue weighted by Gasteiger charge is -2.34. The molecule has 47 heavy (non-hydrogen) atoms. The lowest BCUT2D eigenvalue weighted by atomic mass is 10.0. The monoisotopic (exact) mass is 715 g/mol. The molecular formula is C35H36Cl3N3O5S. The molecule has 2 amide bonds. The molecule has 0 aliphatic rings. The Balaban J connectivity index is 1.87. The highest BCUT2D eigenvalue weighted by atomic mass is 35.5. The van der Waals surface area contributed by atoms with Crippen LogP contribution in [0.25, 0.3) is 0 Å². The number of halogens is 3. The average molecular weight is 717 g/mol. The topological polar surface area (TPSA) is 96.0 Å². The first kappa shape index (κ1) is 36.1. The molecule has 0 bridgehead atoms. The number of methoxy groups -OCH3 is 1. The maximum absolute atomic E-state index is 14.6. The van der Waals surface area contributed by atoms with E-state index in [2.05, 4.69) is 5.32 Å². The van der Waals surface area contributed by atoms with Gasteiger partial charge in [-0.05, 0) is 74.4 Å². The van der Waals surface area contributed by atoms with Gasteiger partial charge in [0.15, 0.2) is 0 Å². The molecule has 0 fully saturated rings. The van der Waals surface area contributed by atoms with Crippen LogP contribution >= 0.6 is 34.8 Å². The molecule has 0 heterocycles. The fraction of sp³-hybridized carbons (Fsp3) is 0.257. The first-order valence-corrected chi connectivity index (χ1v) is 17.4. The second-order valence-electron chi connectivity index (χ2n) is 11.3. The Kier molecular flexibility index (Phi) is 12.2. The molecule has 8 nitrogen and oxygen atoms in total. The van der Waals surface area contributed by atoms with E-state index < -0.39 is 34.4 Å². The average Bonchev–Trinajstić information content (AvgIpc) is 3.03. The van der Waals surface area contributed by atoms with Crippen molar-refractivity contribution in [2.45, 2.75) is 50.7 Å². The molecule has 0 aromatic heterocycles. The van der Waals surface area contributed by atoms with E-state index in [9.17, 15) is 18.0 Å². The van der Waals surface area contributed by atoms with Gasteiger partial charge >= 0.3 is 0 Å². The van der Waals surface area contributed by atoms with Crippen LogP contribution in [-0.4, -0.2) is 50.9 Å². The SMILES string of the molecule is COc1ccc(Cl)cc1N(CC(=O)N(Cc1ccc(Cl)c(Cl)c1)[C@H](Cc1ccccc1)C(=O)NC(C)C)S(=O)(=O)c1ccc(C)cc1. The van der Waals surface area contributed by atoms with E-state index in [0.29, 0.717) is 10.6 Å². The quantitative estimate of drug-likeness (QED) is 0.157. The van der Waals surface area contributed by atoms with Crippen LogP contribution in [0.15, 0.2) is 95.9 Å². The van der Waals surface area contributed by atoms with E-state index in [4.69, 9.17) is 39.5 Å². The number of hydrogen-bond donors (Lipinski definition) is 1. The molecule has 248 valence electrons. The van der Waals surface area contributed by atoms with E-state index in [0.717, 1.165) is 15.4 Å². The van der Waals surface area contributed by atoms with E-state index in [-0.39, 0.29) is 45.4 Å². The van der Waals surface area contributed by atoms with Crippen molar-refractivity contribution < 1.29 is 22.7 Å². The van der Waals surface area contributed by atoms with Crippen LogP contribution in [0.2, 0.25) is 15.1 Å². The number of rotatable bonds is 13. The number of hydrogen-bond acceptors (Lipinski definition) is 5. The van der Waals surface area contributed by atoms with Crippen LogP contribution in [0, 0.1) is 6.92 Å². The van der Waals surface area contributed by atoms with Crippen molar-refractivity contribution in [1.29, 1.82) is 0 Å². The number of ether oxygens (including phenoxy) is 1. The molecule has 1 atom stereocenters. The molecule has 4 rings (SSSR count). The third-order valence-corrected chi connectivity index (χ3v) is 10.1. The number of aryl methyl sites for hydroxylation is 1. The van der Waals surface area contributed by atoms with Gasteiger partial charge in [0.25, 0.3) is 10.0 Å². The number of benzene rings is 4. The lowest BCUT2D eigenvalue weighted by molar-refractivity contribution is -0.140. The summed E-state index contributed by atoms with van der Waals surface area (Å²) in [6.45, 7) is 4.75. The number of nitrogens with one attached hydrogen (secondary N) is 1. The van der Waals surface area contributed by atoms with Crippen LogP contribution in [0.5, 0.6) is 5.75 Å². The summed E-state index contributed by atoms with van der Waals surface area (Å²) in [5.74, 6) is -0.855. The number of anilines is 1. The van der Waals surface area contributed by atoms with E-state index in [1.165, 1.54) is 36.3 Å². The van der Waals surface area contributed by atoms with Gasteiger partial charge < -0.3 is 15.0 Å². The molecule has 4 aromatic carbocycles. The van der Waals surface area contributed by atoms with Gasteiger partial charge in [-0.25, -0.2) is 8.42 Å². The van der Waals surface area contributed by atoms with Gasteiger partial charge in [-0.1, -0.05) is 88.9 Å². The van der Waals surface area contributed by atoms with Gasteiger partial charge in [0.2, 0.25) is 11.8 Å². The van der Waals surface area contributed by atoms with Crippen LogP contribution in [-0.2, 0) is 32.6 Å². The van der Waals surface area contributed by atoms with Crippen molar-refractivity contribution in [1.82, 2.24) is 10.2 Å². The first-order valence-electron chi connectivity index (χ1n) is 14.8. The van der Waals surface area contributed by atoms with E-state index >= 15 is 0 Å². The molecule has 0 spiro atoms. The third kappa shape index (κ3) is 9.20. The second-order valence-corrected chi connectivity index (χ2v) is 14.4. The maximum atomic E-state index is 14.6. The van der Waals surface area contributed by atoms with E-state index in [1.807, 2.05) is 51.1 Å². The van der Waals surface area contributed by atoms with Gasteiger partial charge in [-0.2, -0.15) is 0 Å². The fourth-order valence-electron chi connectivity index (χ4n) is 4.98. The zero-order chi connectivity index (χ0) is 34.3. The smallest absolute Gasteiger partial charge is 0.264 e. The molecule has 4 aromatic rings. The van der Waals surface area contributed by atoms with Crippen LogP contribution < -0.4 is 14.4 Å². The molecule has 0 aliphatic heterocycles. The summed E-state index contributed by atoms with van der Waals surface area (Å²) in [5.41, 5.74) is 2.33. The van der Waals surface area contributed by atoms with Crippen molar-refractivity contribution in [3.63, 3.8) is 0 Å². The van der Waals surface area contributed by atoms with Gasteiger partial charge in [0, 0.05) is 24.0 Å². The Hall–Kier alpha value is -3.76. The minimum Gasteiger partial charge on any atom is -0.495 e. The van der Waals surface area contributed by atoms with Crippen LogP contribution in [0.4, 0.5) is 5.69 Å². The highest BCUT2D eigenvalue weighted by molar-refractivity contribution is 7.92. The Morgan fingerprint density at radius 1 is 0.851 bits per heavy atom. The predicted molar refractivity (Wildman–Crippen MR) is 188 cm³/mol. The highest BCUT2D eigenvalue weighted by Crippen LogP contribution is 2.35. The predicted octanol–water partition coefficient (Wildman–Crippen LogP) is 7.32. The Bertz CT molecular complexity index is 1820. The molecule has 0 unspecified atom stereocenters. The highest BCUT2D eigenvalue weighted by Gasteiger charge is 2.36. The number of amides is 2. The lowest BCUT2D eigenvalue weighted by Crippen LogP contribution is -2.54. The molecule has 12 heteroatoms. The van der Waals surface area contributed by atoms with Gasteiger partial charge in [0.1, 0.15) is 18.3 Å². The summed E-state index contributed by atoms with van der Waals surface area (Å²) in [5, 5.41) is 3.77. The number of nitrogens with zero attached hydrogens (tertiary/aromatic N) is 2. The van der Waals surface area contributed by atoms with Gasteiger partial charge in [0.05, 0.1) is 27.7 Å². The zero-order valence-corrected chi connectivity index (χ0v) is 29.5. The Morgan fingerprint density at radius 3 is 2.15 bits per heavy atom. The largest absolute Gasteiger partial charge is 0.495 e. The normalized spacial score (nSPS) is 12.0. The third-order valence-electron chi connectivity index (χ3n) is 7.34. The van der Waals surface area contributed by atoms with Gasteiger partial charge in [-0.15, -0.1) is 0 Å². The molecule has 1 N–H and O–H groups in total. The minimum absolute atomic E-state index is 0.0349. The van der Waals surface area contributed by atoms with Gasteiger partial charge in [-0.3, -0.25) is 13.9 Å². The number of sulfonamides is 1. The molecule has 0 saturated carbocycles. The summed E-state index contributed by atoms with van der Waals surface area (Å²) in [7, 11) is -2.95. The fourth-order valence-corrected chi connectivity index (χ4v) is 6.88. The molecule has 0 radical (unpaired) electrons. The molecule has 0 aliphatic carbocycles. The summed E-state index contributed by atoms with van der Waals surface area (Å²) in [6.07, 6.45) is 0.164. The Labute approximate surface area is 291 Å². The molecular weight excluding hydrogens is 681 g/mol. The minimum atomic E-state index is -4.35. The maximum Gasteiger partial charge on any atom is 0.264 e. The second kappa shape index (κ2) is 15.9. The number of carbonyl (C=O) groups excluding carboxylic acids is 2. The summed E-state index contributed by atoms with van der Waals surface area (Å²) >= 11 is 18.9. The Morgan fingerprint density at radius 2 is 1.53 bits per heavy atom. The summed E-state index contributed by atoms with van der Waals surface area (Å²) < 4.78 is 35.1. The molecule has 0 saturated heterocycles. The van der Waals surface area contributed by atoms with Crippen LogP contribution in [0.1, 0.15) is 30.5 Å². The standard InChI is InChI=1S/C35H36Cl3N3O5S/c1-23(2)39-35(43)32(19-25-8-6-5-7-9-25)40(21-26-12-16-29(37)30(38)18-26)34(42)22-41(31-20-27(36)13-17-33(31)46-4)47(44,45)28-14-10-24(3)11-15-28/h5-18,20,23,32H,19,21-22H2,1-4H3,(H,39,43)/t32-/m1/s1. The van der Waals surface area contributed by atoms with Crippen LogP contribution in [0.3, 0.4) is 0 Å². The van der Waals surface area contributed by atoms with E-state index in [1.54, 1.807) is 36.4 Å². The van der Waals surface area contributed by atoms with Crippen molar-refractivity contribution in [3.8, 4) is 5.75 Å². The first-order chi connectivity index (χ1) is 22.3. The zero-order valence-electron chi connectivity index (χ0n) is 26.4. The van der Waals surface area contributed by atoms with Crippen molar-refractivity contribution >= 4 is 62.3 Å². The van der Waals surface area contributed by atoms with Crippen molar-refractivity contribution in [3.05, 3.63) is 123 Å². The number of carbonyl (C=O) groups is 2. The van der Waals surface area contributed by atoms with Crippen molar-refractivity contribution in [2.75, 3.05) is 18.0 Å².